The second-order valence-corrected chi connectivity index (χ2v) is 3.82. The number of rotatable bonds is 3. The lowest BCUT2D eigenvalue weighted by molar-refractivity contribution is 0.0898. The molecule has 1 unspecified atom stereocenters. The summed E-state index contributed by atoms with van der Waals surface area (Å²) in [4.78, 5) is 11.5. The van der Waals surface area contributed by atoms with E-state index < -0.39 is 5.54 Å². The third kappa shape index (κ3) is 2.29. The van der Waals surface area contributed by atoms with Crippen molar-refractivity contribution >= 4 is 5.91 Å². The smallest absolute Gasteiger partial charge is 0.273 e. The van der Waals surface area contributed by atoms with Gasteiger partial charge in [0.15, 0.2) is 5.69 Å². The summed E-state index contributed by atoms with van der Waals surface area (Å²) in [6.45, 7) is 5.55. The number of hydrogen-bond acceptors (Lipinski definition) is 4. The van der Waals surface area contributed by atoms with E-state index in [1.54, 1.807) is 0 Å². The van der Waals surface area contributed by atoms with Crippen LogP contribution in [-0.4, -0.2) is 32.9 Å². The van der Waals surface area contributed by atoms with E-state index in [4.69, 9.17) is 5.73 Å². The predicted molar refractivity (Wildman–Crippen MR) is 51.6 cm³/mol. The summed E-state index contributed by atoms with van der Waals surface area (Å²) in [5.41, 5.74) is 5.51. The van der Waals surface area contributed by atoms with Gasteiger partial charge in [-0.15, -0.1) is 0 Å². The van der Waals surface area contributed by atoms with Crippen molar-refractivity contribution in [3.63, 3.8) is 0 Å². The number of carbonyl (C=O) groups excluding carboxylic acids is 1. The van der Waals surface area contributed by atoms with Crippen molar-refractivity contribution < 1.29 is 4.79 Å². The zero-order valence-corrected chi connectivity index (χ0v) is 8.53. The first kappa shape index (κ1) is 10.6. The molecule has 0 saturated heterocycles. The Hall–Kier alpha value is -1.43. The predicted octanol–water partition coefficient (Wildman–Crippen LogP) is -0.340. The number of nitrogens with two attached hydrogens (primary N) is 1. The topological polar surface area (TPSA) is 96.7 Å². The minimum absolute atomic E-state index is 0.140. The number of hydrogen-bond donors (Lipinski definition) is 3. The lowest BCUT2D eigenvalue weighted by atomic mass is 9.97. The van der Waals surface area contributed by atoms with Crippen LogP contribution >= 0.6 is 0 Å². The third-order valence-electron chi connectivity index (χ3n) is 2.22. The van der Waals surface area contributed by atoms with Crippen LogP contribution in [0.4, 0.5) is 0 Å². The van der Waals surface area contributed by atoms with E-state index in [1.165, 1.54) is 6.20 Å². The fourth-order valence-corrected chi connectivity index (χ4v) is 0.781. The molecule has 1 aromatic heterocycles. The van der Waals surface area contributed by atoms with Crippen LogP contribution in [0.1, 0.15) is 31.3 Å². The summed E-state index contributed by atoms with van der Waals surface area (Å²) in [6.07, 6.45) is 1.37. The maximum atomic E-state index is 11.5. The Bertz CT molecular complexity index is 304. The second-order valence-electron chi connectivity index (χ2n) is 3.82. The quantitative estimate of drug-likeness (QED) is 0.617. The van der Waals surface area contributed by atoms with Crippen molar-refractivity contribution in [3.05, 3.63) is 11.9 Å². The fraction of sp³-hybridized carbons (Fsp3) is 0.625. The monoisotopic (exact) mass is 197 g/mol. The molecule has 6 heteroatoms. The van der Waals surface area contributed by atoms with Crippen LogP contribution in [0.2, 0.25) is 0 Å². The van der Waals surface area contributed by atoms with E-state index in [-0.39, 0.29) is 17.6 Å². The normalized spacial score (nSPS) is 13.7. The summed E-state index contributed by atoms with van der Waals surface area (Å²) in [5.74, 6) is -0.277. The van der Waals surface area contributed by atoms with Gasteiger partial charge in [0.1, 0.15) is 0 Å². The molecule has 1 atom stereocenters. The summed E-state index contributed by atoms with van der Waals surface area (Å²) >= 11 is 0. The molecule has 0 aromatic carbocycles. The summed E-state index contributed by atoms with van der Waals surface area (Å²) in [6, 6.07) is -0.140. The molecule has 0 aliphatic rings. The average molecular weight is 197 g/mol. The molecule has 4 N–H and O–H groups in total. The van der Waals surface area contributed by atoms with Gasteiger partial charge in [0.2, 0.25) is 0 Å². The van der Waals surface area contributed by atoms with Gasteiger partial charge in [0, 0.05) is 11.6 Å². The third-order valence-corrected chi connectivity index (χ3v) is 2.22. The van der Waals surface area contributed by atoms with E-state index >= 15 is 0 Å². The highest BCUT2D eigenvalue weighted by Crippen LogP contribution is 2.07. The highest BCUT2D eigenvalue weighted by Gasteiger charge is 2.26. The molecule has 0 saturated carbocycles. The van der Waals surface area contributed by atoms with Crippen molar-refractivity contribution in [2.24, 2.45) is 5.73 Å². The first-order valence-corrected chi connectivity index (χ1v) is 4.37. The highest BCUT2D eigenvalue weighted by molar-refractivity contribution is 5.92. The van der Waals surface area contributed by atoms with Gasteiger partial charge in [-0.1, -0.05) is 0 Å². The molecule has 0 aliphatic carbocycles. The average Bonchev–Trinajstić information content (AvgIpc) is 2.54. The van der Waals surface area contributed by atoms with Crippen LogP contribution in [0, 0.1) is 0 Å². The Kier molecular flexibility index (Phi) is 2.85. The van der Waals surface area contributed by atoms with E-state index in [9.17, 15) is 4.79 Å². The van der Waals surface area contributed by atoms with Gasteiger partial charge in [0.25, 0.3) is 5.91 Å². The molecule has 78 valence electrons. The van der Waals surface area contributed by atoms with Gasteiger partial charge >= 0.3 is 0 Å². The Labute approximate surface area is 82.3 Å². The van der Waals surface area contributed by atoms with E-state index in [2.05, 4.69) is 20.7 Å². The number of H-pyrrole nitrogens is 1. The molecule has 6 nitrogen and oxygen atoms in total. The van der Waals surface area contributed by atoms with Crippen molar-refractivity contribution in [1.29, 1.82) is 0 Å². The molecule has 0 bridgehead atoms. The van der Waals surface area contributed by atoms with Gasteiger partial charge < -0.3 is 11.1 Å². The number of carbonyl (C=O) groups is 1. The van der Waals surface area contributed by atoms with Crippen LogP contribution < -0.4 is 11.1 Å². The Morgan fingerprint density at radius 3 is 2.79 bits per heavy atom. The van der Waals surface area contributed by atoms with Crippen molar-refractivity contribution in [1.82, 2.24) is 20.7 Å². The molecule has 0 radical (unpaired) electrons. The molecular formula is C8H15N5O. The number of amides is 1. The number of aromatic amines is 1. The molecule has 0 aliphatic heterocycles. The van der Waals surface area contributed by atoms with Crippen LogP contribution in [0.3, 0.4) is 0 Å². The highest BCUT2D eigenvalue weighted by atomic mass is 16.2. The molecule has 14 heavy (non-hydrogen) atoms. The molecule has 1 aromatic rings. The van der Waals surface area contributed by atoms with E-state index in [0.29, 0.717) is 0 Å². The zero-order chi connectivity index (χ0) is 10.8. The molecule has 0 fully saturated rings. The Balaban J connectivity index is 2.66. The summed E-state index contributed by atoms with van der Waals surface area (Å²) < 4.78 is 0. The fourth-order valence-electron chi connectivity index (χ4n) is 0.781. The maximum absolute atomic E-state index is 11.5. The summed E-state index contributed by atoms with van der Waals surface area (Å²) in [5, 5.41) is 12.4. The van der Waals surface area contributed by atoms with Crippen molar-refractivity contribution in [3.8, 4) is 0 Å². The van der Waals surface area contributed by atoms with Gasteiger partial charge in [-0.3, -0.25) is 4.79 Å². The van der Waals surface area contributed by atoms with Crippen LogP contribution in [-0.2, 0) is 0 Å². The van der Waals surface area contributed by atoms with Crippen molar-refractivity contribution in [2.75, 3.05) is 0 Å². The van der Waals surface area contributed by atoms with Crippen LogP contribution in [0.25, 0.3) is 0 Å². The van der Waals surface area contributed by atoms with Gasteiger partial charge in [-0.2, -0.15) is 15.4 Å². The minimum atomic E-state index is -0.462. The van der Waals surface area contributed by atoms with Gasteiger partial charge in [-0.05, 0) is 20.8 Å². The van der Waals surface area contributed by atoms with E-state index in [1.807, 2.05) is 20.8 Å². The molecule has 0 spiro atoms. The molecular weight excluding hydrogens is 182 g/mol. The Morgan fingerprint density at radius 1 is 1.71 bits per heavy atom. The first-order chi connectivity index (χ1) is 6.43. The molecule has 1 amide bonds. The number of nitrogens with one attached hydrogen (secondary N) is 2. The zero-order valence-electron chi connectivity index (χ0n) is 8.53. The standard InChI is InChI=1S/C8H15N5O/c1-5(9)8(2,3)11-7(14)6-4-10-13-12-6/h4-5H,9H2,1-3H3,(H,11,14)(H,10,12,13). The second kappa shape index (κ2) is 3.75. The lowest BCUT2D eigenvalue weighted by Gasteiger charge is -2.29. The number of nitrogens with zero attached hydrogens (tertiary/aromatic N) is 2. The lowest BCUT2D eigenvalue weighted by Crippen LogP contribution is -2.54. The summed E-state index contributed by atoms with van der Waals surface area (Å²) in [7, 11) is 0. The largest absolute Gasteiger partial charge is 0.344 e. The molecule has 1 heterocycles. The Morgan fingerprint density at radius 2 is 2.36 bits per heavy atom. The number of aromatic nitrogens is 3. The first-order valence-electron chi connectivity index (χ1n) is 4.37. The minimum Gasteiger partial charge on any atom is -0.344 e. The van der Waals surface area contributed by atoms with E-state index in [0.717, 1.165) is 0 Å². The van der Waals surface area contributed by atoms with Gasteiger partial charge in [-0.25, -0.2) is 0 Å². The van der Waals surface area contributed by atoms with Crippen LogP contribution in [0.5, 0.6) is 0 Å². The van der Waals surface area contributed by atoms with Gasteiger partial charge in [0.05, 0.1) is 6.20 Å². The SMILES string of the molecule is CC(N)C(C)(C)NC(=O)c1cn[nH]n1. The maximum Gasteiger partial charge on any atom is 0.273 e. The molecule has 1 rings (SSSR count). The van der Waals surface area contributed by atoms with Crippen LogP contribution in [0.15, 0.2) is 6.20 Å². The van der Waals surface area contributed by atoms with Crippen molar-refractivity contribution in [2.45, 2.75) is 32.4 Å².